The molecular weight excluding hydrogens is 278 g/mol. The first-order valence-corrected chi connectivity index (χ1v) is 8.37. The highest BCUT2D eigenvalue weighted by molar-refractivity contribution is 5.80. The summed E-state index contributed by atoms with van der Waals surface area (Å²) in [5, 5.41) is 20.6. The molecule has 0 aliphatic heterocycles. The van der Waals surface area contributed by atoms with Gasteiger partial charge in [-0.05, 0) is 44.6 Å². The van der Waals surface area contributed by atoms with Crippen molar-refractivity contribution in [2.45, 2.75) is 58.2 Å². The van der Waals surface area contributed by atoms with Gasteiger partial charge in [0.2, 0.25) is 0 Å². The Morgan fingerprint density at radius 1 is 1.41 bits per heavy atom. The zero-order valence-corrected chi connectivity index (χ0v) is 13.7. The van der Waals surface area contributed by atoms with Crippen LogP contribution in [0.3, 0.4) is 0 Å². The number of hydrogen-bond acceptors (Lipinski definition) is 3. The summed E-state index contributed by atoms with van der Waals surface area (Å²) in [7, 11) is 0. The van der Waals surface area contributed by atoms with Gasteiger partial charge in [-0.3, -0.25) is 9.67 Å². The van der Waals surface area contributed by atoms with Crippen molar-refractivity contribution in [3.05, 3.63) is 18.5 Å². The van der Waals surface area contributed by atoms with Crippen LogP contribution in [0, 0.1) is 5.92 Å². The molecule has 3 N–H and O–H groups in total. The van der Waals surface area contributed by atoms with Crippen molar-refractivity contribution in [3.8, 4) is 0 Å². The number of aliphatic imine (C=N–C) groups is 1. The molecule has 2 rings (SSSR count). The van der Waals surface area contributed by atoms with Gasteiger partial charge in [-0.1, -0.05) is 6.92 Å². The molecule has 6 heteroatoms. The van der Waals surface area contributed by atoms with Gasteiger partial charge in [-0.15, -0.1) is 0 Å². The van der Waals surface area contributed by atoms with Crippen LogP contribution in [-0.2, 0) is 6.54 Å². The molecule has 1 unspecified atom stereocenters. The summed E-state index contributed by atoms with van der Waals surface area (Å²) in [6.45, 7) is 6.77. The molecule has 6 nitrogen and oxygen atoms in total. The Morgan fingerprint density at radius 3 is 2.82 bits per heavy atom. The SMILES string of the molecule is CCNC(=NCC(C)Cn1cccn1)NC1CCC(O)CC1. The zero-order chi connectivity index (χ0) is 15.8. The lowest BCUT2D eigenvalue weighted by Gasteiger charge is -2.27. The maximum absolute atomic E-state index is 9.58. The van der Waals surface area contributed by atoms with E-state index in [1.165, 1.54) is 0 Å². The van der Waals surface area contributed by atoms with Gasteiger partial charge in [0.25, 0.3) is 0 Å². The van der Waals surface area contributed by atoms with Crippen LogP contribution in [0.4, 0.5) is 0 Å². The largest absolute Gasteiger partial charge is 0.393 e. The van der Waals surface area contributed by atoms with Gasteiger partial charge in [-0.2, -0.15) is 5.10 Å². The van der Waals surface area contributed by atoms with Crippen LogP contribution >= 0.6 is 0 Å². The second-order valence-corrected chi connectivity index (χ2v) is 6.20. The molecule has 1 saturated carbocycles. The maximum Gasteiger partial charge on any atom is 0.191 e. The number of nitrogens with one attached hydrogen (secondary N) is 2. The van der Waals surface area contributed by atoms with Crippen molar-refractivity contribution < 1.29 is 5.11 Å². The first-order chi connectivity index (χ1) is 10.7. The molecule has 22 heavy (non-hydrogen) atoms. The molecule has 1 aromatic heterocycles. The Morgan fingerprint density at radius 2 is 2.18 bits per heavy atom. The highest BCUT2D eigenvalue weighted by Gasteiger charge is 2.20. The summed E-state index contributed by atoms with van der Waals surface area (Å²) in [5.41, 5.74) is 0. The number of hydrogen-bond donors (Lipinski definition) is 3. The third-order valence-corrected chi connectivity index (χ3v) is 4.00. The minimum Gasteiger partial charge on any atom is -0.393 e. The van der Waals surface area contributed by atoms with E-state index in [1.54, 1.807) is 6.20 Å². The van der Waals surface area contributed by atoms with Crippen LogP contribution in [0.2, 0.25) is 0 Å². The lowest BCUT2D eigenvalue weighted by Crippen LogP contribution is -2.45. The fourth-order valence-electron chi connectivity index (χ4n) is 2.77. The molecular formula is C16H29N5O. The molecule has 0 amide bonds. The van der Waals surface area contributed by atoms with E-state index < -0.39 is 0 Å². The molecule has 0 saturated heterocycles. The molecule has 1 atom stereocenters. The van der Waals surface area contributed by atoms with Gasteiger partial charge in [0.05, 0.1) is 6.10 Å². The Hall–Kier alpha value is -1.56. The van der Waals surface area contributed by atoms with Crippen LogP contribution in [-0.4, -0.2) is 46.1 Å². The van der Waals surface area contributed by atoms with Gasteiger partial charge in [-0.25, -0.2) is 0 Å². The molecule has 1 aromatic rings. The fraction of sp³-hybridized carbons (Fsp3) is 0.750. The third kappa shape index (κ3) is 5.67. The number of rotatable bonds is 6. The van der Waals surface area contributed by atoms with Crippen molar-refractivity contribution >= 4 is 5.96 Å². The molecule has 124 valence electrons. The standard InChI is InChI=1S/C16H29N5O/c1-3-17-16(20-14-5-7-15(22)8-6-14)18-11-13(2)12-21-10-4-9-19-21/h4,9-10,13-15,22H,3,5-8,11-12H2,1-2H3,(H2,17,18,20). The molecule has 1 heterocycles. The van der Waals surface area contributed by atoms with Crippen LogP contribution in [0.15, 0.2) is 23.5 Å². The summed E-state index contributed by atoms with van der Waals surface area (Å²) >= 11 is 0. The highest BCUT2D eigenvalue weighted by atomic mass is 16.3. The van der Waals surface area contributed by atoms with E-state index in [1.807, 2.05) is 16.9 Å². The molecule has 1 aliphatic rings. The van der Waals surface area contributed by atoms with Crippen LogP contribution in [0.5, 0.6) is 0 Å². The summed E-state index contributed by atoms with van der Waals surface area (Å²) in [4.78, 5) is 4.70. The van der Waals surface area contributed by atoms with E-state index in [-0.39, 0.29) is 6.10 Å². The van der Waals surface area contributed by atoms with Crippen molar-refractivity contribution in [2.75, 3.05) is 13.1 Å². The van der Waals surface area contributed by atoms with Crippen LogP contribution in [0.1, 0.15) is 39.5 Å². The maximum atomic E-state index is 9.58. The highest BCUT2D eigenvalue weighted by Crippen LogP contribution is 2.18. The van der Waals surface area contributed by atoms with Crippen molar-refractivity contribution in [1.29, 1.82) is 0 Å². The summed E-state index contributed by atoms with van der Waals surface area (Å²) in [6.07, 6.45) is 7.45. The van der Waals surface area contributed by atoms with E-state index in [2.05, 4.69) is 29.6 Å². The summed E-state index contributed by atoms with van der Waals surface area (Å²) in [6, 6.07) is 2.36. The lowest BCUT2D eigenvalue weighted by molar-refractivity contribution is 0.120. The average Bonchev–Trinajstić information content (AvgIpc) is 3.00. The minimum absolute atomic E-state index is 0.119. The van der Waals surface area contributed by atoms with Crippen molar-refractivity contribution in [1.82, 2.24) is 20.4 Å². The predicted molar refractivity (Wildman–Crippen MR) is 88.8 cm³/mol. The third-order valence-electron chi connectivity index (χ3n) is 4.00. The summed E-state index contributed by atoms with van der Waals surface area (Å²) < 4.78 is 1.95. The monoisotopic (exact) mass is 307 g/mol. The number of aliphatic hydroxyl groups excluding tert-OH is 1. The Balaban J connectivity index is 1.81. The first kappa shape index (κ1) is 16.8. The van der Waals surface area contributed by atoms with Crippen LogP contribution < -0.4 is 10.6 Å². The Kier molecular flexibility index (Phi) is 6.71. The smallest absolute Gasteiger partial charge is 0.191 e. The zero-order valence-electron chi connectivity index (χ0n) is 13.7. The normalized spacial score (nSPS) is 24.0. The molecule has 0 spiro atoms. The second kappa shape index (κ2) is 8.78. The van der Waals surface area contributed by atoms with Gasteiger partial charge < -0.3 is 15.7 Å². The second-order valence-electron chi connectivity index (χ2n) is 6.20. The molecule has 0 aromatic carbocycles. The van der Waals surface area contributed by atoms with Gasteiger partial charge in [0.1, 0.15) is 0 Å². The average molecular weight is 307 g/mol. The summed E-state index contributed by atoms with van der Waals surface area (Å²) in [5.74, 6) is 1.32. The van der Waals surface area contributed by atoms with E-state index >= 15 is 0 Å². The molecule has 1 fully saturated rings. The predicted octanol–water partition coefficient (Wildman–Crippen LogP) is 1.38. The lowest BCUT2D eigenvalue weighted by atomic mass is 9.93. The number of guanidine groups is 1. The minimum atomic E-state index is -0.119. The Labute approximate surface area is 133 Å². The number of nitrogens with zero attached hydrogens (tertiary/aromatic N) is 3. The van der Waals surface area contributed by atoms with Crippen molar-refractivity contribution in [2.24, 2.45) is 10.9 Å². The molecule has 0 radical (unpaired) electrons. The van der Waals surface area contributed by atoms with Gasteiger partial charge in [0, 0.05) is 38.1 Å². The van der Waals surface area contributed by atoms with Crippen LogP contribution in [0.25, 0.3) is 0 Å². The van der Waals surface area contributed by atoms with Crippen molar-refractivity contribution in [3.63, 3.8) is 0 Å². The Bertz CT molecular complexity index is 437. The molecule has 0 bridgehead atoms. The topological polar surface area (TPSA) is 74.5 Å². The van der Waals surface area contributed by atoms with E-state index in [4.69, 9.17) is 4.99 Å². The van der Waals surface area contributed by atoms with Gasteiger partial charge in [0.15, 0.2) is 5.96 Å². The number of aromatic nitrogens is 2. The van der Waals surface area contributed by atoms with E-state index in [0.29, 0.717) is 12.0 Å². The fourth-order valence-corrected chi connectivity index (χ4v) is 2.77. The first-order valence-electron chi connectivity index (χ1n) is 8.37. The van der Waals surface area contributed by atoms with E-state index in [9.17, 15) is 5.11 Å². The quantitative estimate of drug-likeness (QED) is 0.548. The number of aliphatic hydroxyl groups is 1. The molecule has 1 aliphatic carbocycles. The van der Waals surface area contributed by atoms with Gasteiger partial charge >= 0.3 is 0 Å². The van der Waals surface area contributed by atoms with E-state index in [0.717, 1.165) is 51.3 Å².